The molecule has 0 bridgehead atoms. The molecule has 64 valence electrons. The van der Waals surface area contributed by atoms with E-state index in [2.05, 4.69) is 9.05 Å². The zero-order chi connectivity index (χ0) is 8.69. The topological polar surface area (TPSA) is 72.8 Å². The number of carbonyl (C=O) groups excluding carboxylic acids is 1. The largest absolute Gasteiger partial charge is 0.697 e. The lowest BCUT2D eigenvalue weighted by atomic mass is 10.3. The molecule has 0 spiro atoms. The highest BCUT2D eigenvalue weighted by Gasteiger charge is 2.18. The lowest BCUT2D eigenvalue weighted by Gasteiger charge is -1.89. The molecule has 0 aromatic carbocycles. The first-order valence-electron chi connectivity index (χ1n) is 2.97. The molecule has 0 saturated heterocycles. The Hall–Kier alpha value is -0.350. The fourth-order valence-electron chi connectivity index (χ4n) is 0.374. The number of ketones is 1. The van der Waals surface area contributed by atoms with E-state index in [-0.39, 0.29) is 25.4 Å². The summed E-state index contributed by atoms with van der Waals surface area (Å²) in [5.41, 5.74) is 0. The molecule has 0 aliphatic carbocycles. The van der Waals surface area contributed by atoms with E-state index in [0.29, 0.717) is 0 Å². The van der Waals surface area contributed by atoms with Crippen molar-refractivity contribution in [3.63, 3.8) is 0 Å². The van der Waals surface area contributed by atoms with E-state index in [9.17, 15) is 9.36 Å². The van der Waals surface area contributed by atoms with Crippen LogP contribution in [0.3, 0.4) is 0 Å². The molecule has 0 aliphatic heterocycles. The van der Waals surface area contributed by atoms with Gasteiger partial charge in [0, 0.05) is 11.0 Å². The molecule has 11 heavy (non-hydrogen) atoms. The van der Waals surface area contributed by atoms with Crippen molar-refractivity contribution < 1.29 is 23.5 Å². The van der Waals surface area contributed by atoms with Gasteiger partial charge in [-0.1, -0.05) is 0 Å². The maximum atomic E-state index is 10.6. The maximum absolute atomic E-state index is 10.6. The van der Waals surface area contributed by atoms with E-state index >= 15 is 0 Å². The number of aliphatic hydroxyl groups excluding tert-OH is 1. The van der Waals surface area contributed by atoms with Gasteiger partial charge in [-0.3, -0.25) is 4.79 Å². The zero-order valence-corrected chi connectivity index (χ0v) is 7.04. The molecule has 0 saturated carbocycles. The van der Waals surface area contributed by atoms with Crippen LogP contribution in [-0.4, -0.2) is 31.2 Å². The average molecular weight is 181 g/mol. The highest BCUT2D eigenvalue weighted by Crippen LogP contribution is 2.20. The molecule has 1 N–H and O–H groups in total. The molecule has 5 nitrogen and oxygen atoms in total. The van der Waals surface area contributed by atoms with Crippen LogP contribution in [0, 0.1) is 0 Å². The summed E-state index contributed by atoms with van der Waals surface area (Å²) in [7, 11) is -0.957. The lowest BCUT2D eigenvalue weighted by molar-refractivity contribution is -0.121. The van der Waals surface area contributed by atoms with Gasteiger partial charge in [0.2, 0.25) is 0 Å². The molecule has 0 aromatic rings. The first-order chi connectivity index (χ1) is 5.20. The summed E-state index contributed by atoms with van der Waals surface area (Å²) in [5.74, 6) is -0.298. The number of hydrogen-bond acceptors (Lipinski definition) is 5. The quantitative estimate of drug-likeness (QED) is 0.595. The van der Waals surface area contributed by atoms with Crippen molar-refractivity contribution in [2.75, 3.05) is 20.3 Å². The van der Waals surface area contributed by atoms with Crippen molar-refractivity contribution in [3.8, 4) is 0 Å². The van der Waals surface area contributed by atoms with Crippen LogP contribution < -0.4 is 0 Å². The molecule has 0 amide bonds. The molecule has 6 heteroatoms. The summed E-state index contributed by atoms with van der Waals surface area (Å²) >= 11 is 0. The normalized spacial score (nSPS) is 11.3. The summed E-state index contributed by atoms with van der Waals surface area (Å²) in [6, 6.07) is 0. The number of rotatable bonds is 6. The number of carbonyl (C=O) groups is 1. The van der Waals surface area contributed by atoms with E-state index in [4.69, 9.17) is 5.11 Å². The van der Waals surface area contributed by atoms with Gasteiger partial charge in [0.05, 0.1) is 13.7 Å². The van der Waals surface area contributed by atoms with Crippen LogP contribution in [-0.2, 0) is 18.4 Å². The molecule has 1 atom stereocenters. The Morgan fingerprint density at radius 1 is 1.64 bits per heavy atom. The predicted molar refractivity (Wildman–Crippen MR) is 37.3 cm³/mol. The van der Waals surface area contributed by atoms with Crippen molar-refractivity contribution in [1.29, 1.82) is 0 Å². The van der Waals surface area contributed by atoms with E-state index in [1.54, 1.807) is 0 Å². The highest BCUT2D eigenvalue weighted by molar-refractivity contribution is 7.33. The first kappa shape index (κ1) is 10.7. The Bertz CT molecular complexity index is 146. The Balaban J connectivity index is 3.38. The van der Waals surface area contributed by atoms with Crippen molar-refractivity contribution in [2.45, 2.75) is 6.42 Å². The second kappa shape index (κ2) is 6.37. The van der Waals surface area contributed by atoms with Gasteiger partial charge in [0.25, 0.3) is 0 Å². The first-order valence-corrected chi connectivity index (χ1v) is 4.07. The molecule has 0 rings (SSSR count). The molecular formula is C5H10O5P+. The Labute approximate surface area is 65.3 Å². The molecule has 0 fully saturated rings. The van der Waals surface area contributed by atoms with Crippen LogP contribution in [0.5, 0.6) is 0 Å². The summed E-state index contributed by atoms with van der Waals surface area (Å²) in [6.07, 6.45) is 0.0207. The Morgan fingerprint density at radius 2 is 2.27 bits per heavy atom. The van der Waals surface area contributed by atoms with Crippen molar-refractivity contribution >= 4 is 14.0 Å². The van der Waals surface area contributed by atoms with Crippen LogP contribution in [0.2, 0.25) is 0 Å². The van der Waals surface area contributed by atoms with Crippen molar-refractivity contribution in [1.82, 2.24) is 0 Å². The smallest absolute Gasteiger partial charge is 0.396 e. The minimum absolute atomic E-state index is 0.0207. The fourth-order valence-corrected chi connectivity index (χ4v) is 0.729. The minimum Gasteiger partial charge on any atom is -0.396 e. The third-order valence-electron chi connectivity index (χ3n) is 0.871. The third kappa shape index (κ3) is 6.06. The second-order valence-electron chi connectivity index (χ2n) is 1.69. The molecular weight excluding hydrogens is 171 g/mol. The van der Waals surface area contributed by atoms with Gasteiger partial charge in [-0.15, -0.1) is 9.05 Å². The molecule has 1 unspecified atom stereocenters. The third-order valence-corrected chi connectivity index (χ3v) is 1.51. The Morgan fingerprint density at radius 3 is 2.73 bits per heavy atom. The average Bonchev–Trinajstić information content (AvgIpc) is 2.01. The van der Waals surface area contributed by atoms with E-state index in [1.807, 2.05) is 0 Å². The predicted octanol–water partition coefficient (Wildman–Crippen LogP) is 0.258. The number of Topliss-reactive ketones (excluding diaryl/α,β-unsaturated/α-hetero) is 1. The number of hydrogen-bond donors (Lipinski definition) is 1. The van der Waals surface area contributed by atoms with Gasteiger partial charge < -0.3 is 5.11 Å². The maximum Gasteiger partial charge on any atom is 0.697 e. The summed E-state index contributed by atoms with van der Waals surface area (Å²) < 4.78 is 19.1. The van der Waals surface area contributed by atoms with E-state index < -0.39 is 8.25 Å². The van der Waals surface area contributed by atoms with Crippen LogP contribution in [0.15, 0.2) is 0 Å². The molecule has 0 aliphatic rings. The fraction of sp³-hybridized carbons (Fsp3) is 0.800. The van der Waals surface area contributed by atoms with Gasteiger partial charge in [0.1, 0.15) is 0 Å². The van der Waals surface area contributed by atoms with Crippen LogP contribution >= 0.6 is 8.25 Å². The lowest BCUT2D eigenvalue weighted by Crippen LogP contribution is -2.07. The highest BCUT2D eigenvalue weighted by atomic mass is 31.1. The van der Waals surface area contributed by atoms with Gasteiger partial charge in [-0.2, -0.15) is 0 Å². The summed E-state index contributed by atoms with van der Waals surface area (Å²) in [6.45, 7) is -0.491. The SMILES string of the molecule is CO[P+](=O)OCC(=O)CCO. The van der Waals surface area contributed by atoms with Gasteiger partial charge in [0.15, 0.2) is 12.4 Å². The van der Waals surface area contributed by atoms with E-state index in [0.717, 1.165) is 0 Å². The van der Waals surface area contributed by atoms with Crippen LogP contribution in [0.4, 0.5) is 0 Å². The number of aliphatic hydroxyl groups is 1. The van der Waals surface area contributed by atoms with Gasteiger partial charge >= 0.3 is 8.25 Å². The molecule has 0 radical (unpaired) electrons. The minimum atomic E-state index is -2.17. The summed E-state index contributed by atoms with van der Waals surface area (Å²) in [4.78, 5) is 10.6. The van der Waals surface area contributed by atoms with Gasteiger partial charge in [-0.05, 0) is 0 Å². The summed E-state index contributed by atoms with van der Waals surface area (Å²) in [5, 5.41) is 8.28. The van der Waals surface area contributed by atoms with Crippen molar-refractivity contribution in [3.05, 3.63) is 0 Å². The van der Waals surface area contributed by atoms with Crippen molar-refractivity contribution in [2.24, 2.45) is 0 Å². The second-order valence-corrected chi connectivity index (χ2v) is 2.76. The van der Waals surface area contributed by atoms with Crippen LogP contribution in [0.1, 0.15) is 6.42 Å². The zero-order valence-electron chi connectivity index (χ0n) is 6.15. The van der Waals surface area contributed by atoms with Gasteiger partial charge in [-0.25, -0.2) is 0 Å². The van der Waals surface area contributed by atoms with Crippen LogP contribution in [0.25, 0.3) is 0 Å². The monoisotopic (exact) mass is 181 g/mol. The van der Waals surface area contributed by atoms with E-state index in [1.165, 1.54) is 7.11 Å². The standard InChI is InChI=1S/C5H10O5P/c1-9-11(8)10-4-5(7)2-3-6/h6H,2-4H2,1H3/q+1. The Kier molecular flexibility index (Phi) is 6.16. The molecule has 0 heterocycles. The molecule has 0 aromatic heterocycles.